The van der Waals surface area contributed by atoms with Crippen molar-refractivity contribution in [2.45, 2.75) is 108 Å². The summed E-state index contributed by atoms with van der Waals surface area (Å²) in [6.07, 6.45) is 8.55. The third-order valence-corrected chi connectivity index (χ3v) is 5.87. The summed E-state index contributed by atoms with van der Waals surface area (Å²) in [5.74, 6) is -0.452. The topological polar surface area (TPSA) is 97.4 Å². The Hall–Kier alpha value is -3.26. The normalized spacial score (nSPS) is 11.2. The molecule has 8 heteroatoms. The summed E-state index contributed by atoms with van der Waals surface area (Å²) in [7, 11) is 1.55. The molecule has 0 spiro atoms. The van der Waals surface area contributed by atoms with Crippen molar-refractivity contribution >= 4 is 34.1 Å². The summed E-state index contributed by atoms with van der Waals surface area (Å²) in [5, 5.41) is 6.02. The van der Waals surface area contributed by atoms with Crippen molar-refractivity contribution in [2.24, 2.45) is 0 Å². The number of rotatable bonds is 8. The van der Waals surface area contributed by atoms with Gasteiger partial charge in [0.2, 0.25) is 0 Å². The Bertz CT molecular complexity index is 1060. The average Bonchev–Trinajstić information content (AvgIpc) is 3.39. The molecule has 0 fully saturated rings. The third-order valence-electron chi connectivity index (χ3n) is 4.53. The minimum atomic E-state index is -0.976. The Morgan fingerprint density at radius 2 is 1.51 bits per heavy atom. The Balaban J connectivity index is -0.00000144. The fourth-order valence-corrected chi connectivity index (χ4v) is 3.55. The van der Waals surface area contributed by atoms with Crippen molar-refractivity contribution < 1.29 is 19.1 Å². The molecule has 232 valence electrons. The second kappa shape index (κ2) is 23.4. The SMILES string of the molecule is C.C/C=C(\C=C/C(C)=O)C(=O)NC(C(=O)Nc1ncc(C(C)(C)C)s1)c1ccc(OC)cc1.CC.CCC.CCC. The number of anilines is 1. The van der Waals surface area contributed by atoms with Crippen LogP contribution in [0.25, 0.3) is 0 Å². The van der Waals surface area contributed by atoms with Gasteiger partial charge < -0.3 is 10.1 Å². The quantitative estimate of drug-likeness (QED) is 0.237. The third kappa shape index (κ3) is 17.2. The first-order valence-corrected chi connectivity index (χ1v) is 14.8. The second-order valence-corrected chi connectivity index (χ2v) is 10.6. The summed E-state index contributed by atoms with van der Waals surface area (Å²) >= 11 is 1.39. The standard InChI is InChI=1S/C24H29N3O4S.2C3H8.C2H6.CH4/c1-7-16(9-8-15(2)28)21(29)26-20(17-10-12-18(31-6)13-11-17)22(30)27-23-25-14-19(32-23)24(3,4)5;2*1-3-2;1-2;/h7-14,20H,1-6H3,(H,26,29)(H,25,27,30);2*3H2,1-2H3;1-2H3;1H4/b9-8-,16-7+;;;;. The molecule has 1 atom stereocenters. The van der Waals surface area contributed by atoms with Crippen LogP contribution in [-0.2, 0) is 19.8 Å². The van der Waals surface area contributed by atoms with Gasteiger partial charge >= 0.3 is 0 Å². The maximum absolute atomic E-state index is 13.2. The molecule has 2 rings (SSSR count). The van der Waals surface area contributed by atoms with Gasteiger partial charge in [-0.2, -0.15) is 0 Å². The van der Waals surface area contributed by atoms with Crippen molar-refractivity contribution in [2.75, 3.05) is 12.4 Å². The second-order valence-electron chi connectivity index (χ2n) is 9.55. The molecule has 0 saturated heterocycles. The molecule has 1 heterocycles. The number of amides is 2. The molecule has 2 N–H and O–H groups in total. The van der Waals surface area contributed by atoms with Crippen LogP contribution in [0.4, 0.5) is 5.13 Å². The predicted octanol–water partition coefficient (Wildman–Crippen LogP) is 8.83. The monoisotopic (exact) mass is 589 g/mol. The molecular formula is C33H55N3O4S. The number of carbonyl (C=O) groups is 3. The molecule has 7 nitrogen and oxygen atoms in total. The maximum atomic E-state index is 13.2. The van der Waals surface area contributed by atoms with E-state index < -0.39 is 17.9 Å². The first kappa shape index (κ1) is 42.2. The first-order valence-electron chi connectivity index (χ1n) is 13.9. The fourth-order valence-electron chi connectivity index (χ4n) is 2.68. The van der Waals surface area contributed by atoms with Crippen LogP contribution in [-0.4, -0.2) is 29.7 Å². The van der Waals surface area contributed by atoms with Crippen LogP contribution in [0.2, 0.25) is 0 Å². The molecule has 1 unspecified atom stereocenters. The van der Waals surface area contributed by atoms with Gasteiger partial charge in [-0.1, -0.05) is 101 Å². The van der Waals surface area contributed by atoms with E-state index in [1.807, 2.05) is 13.8 Å². The largest absolute Gasteiger partial charge is 0.497 e. The molecule has 2 amide bonds. The van der Waals surface area contributed by atoms with Crippen molar-refractivity contribution in [1.82, 2.24) is 10.3 Å². The smallest absolute Gasteiger partial charge is 0.253 e. The lowest BCUT2D eigenvalue weighted by Gasteiger charge is -2.19. The Morgan fingerprint density at radius 1 is 1.00 bits per heavy atom. The number of benzene rings is 1. The fraction of sp³-hybridized carbons (Fsp3) is 0.515. The van der Waals surface area contributed by atoms with E-state index in [0.29, 0.717) is 16.4 Å². The van der Waals surface area contributed by atoms with Gasteiger partial charge in [0.15, 0.2) is 10.9 Å². The summed E-state index contributed by atoms with van der Waals surface area (Å²) in [6.45, 7) is 21.8. The number of ether oxygens (including phenoxy) is 1. The highest BCUT2D eigenvalue weighted by Crippen LogP contribution is 2.30. The molecule has 41 heavy (non-hydrogen) atoms. The van der Waals surface area contributed by atoms with Crippen LogP contribution in [0.15, 0.2) is 54.3 Å². The lowest BCUT2D eigenvalue weighted by molar-refractivity contribution is -0.124. The number of aromatic nitrogens is 1. The van der Waals surface area contributed by atoms with Crippen LogP contribution in [0, 0.1) is 0 Å². The maximum Gasteiger partial charge on any atom is 0.253 e. The minimum absolute atomic E-state index is 0. The molecule has 1 aromatic heterocycles. The van der Waals surface area contributed by atoms with E-state index in [0.717, 1.165) is 4.88 Å². The van der Waals surface area contributed by atoms with Crippen LogP contribution in [0.1, 0.15) is 113 Å². The first-order chi connectivity index (χ1) is 18.9. The molecular weight excluding hydrogens is 534 g/mol. The van der Waals surface area contributed by atoms with Gasteiger partial charge in [-0.15, -0.1) is 11.3 Å². The highest BCUT2D eigenvalue weighted by atomic mass is 32.1. The zero-order valence-electron chi connectivity index (χ0n) is 26.6. The van der Waals surface area contributed by atoms with E-state index in [1.165, 1.54) is 43.3 Å². The van der Waals surface area contributed by atoms with Gasteiger partial charge in [-0.3, -0.25) is 19.7 Å². The predicted molar refractivity (Wildman–Crippen MR) is 177 cm³/mol. The molecule has 0 aliphatic carbocycles. The van der Waals surface area contributed by atoms with Gasteiger partial charge in [0.1, 0.15) is 11.8 Å². The highest BCUT2D eigenvalue weighted by Gasteiger charge is 2.25. The number of nitrogens with one attached hydrogen (secondary N) is 2. The lowest BCUT2D eigenvalue weighted by Crippen LogP contribution is -2.37. The summed E-state index contributed by atoms with van der Waals surface area (Å²) < 4.78 is 5.18. The molecule has 0 bridgehead atoms. The number of hydrogen-bond donors (Lipinski definition) is 2. The van der Waals surface area contributed by atoms with Crippen LogP contribution < -0.4 is 15.4 Å². The molecule has 0 saturated carbocycles. The van der Waals surface area contributed by atoms with E-state index in [-0.39, 0.29) is 24.2 Å². The zero-order valence-corrected chi connectivity index (χ0v) is 27.4. The van der Waals surface area contributed by atoms with Crippen molar-refractivity contribution in [1.29, 1.82) is 0 Å². The van der Waals surface area contributed by atoms with Crippen molar-refractivity contribution in [3.05, 3.63) is 64.7 Å². The van der Waals surface area contributed by atoms with E-state index in [2.05, 4.69) is 64.1 Å². The van der Waals surface area contributed by atoms with Gasteiger partial charge in [-0.25, -0.2) is 4.98 Å². The number of methoxy groups -OCH3 is 1. The van der Waals surface area contributed by atoms with Crippen LogP contribution in [0.5, 0.6) is 5.75 Å². The zero-order chi connectivity index (χ0) is 31.3. The number of nitrogens with zero attached hydrogens (tertiary/aromatic N) is 1. The Morgan fingerprint density at radius 3 is 1.90 bits per heavy atom. The molecule has 0 aliphatic heterocycles. The van der Waals surface area contributed by atoms with Gasteiger partial charge in [0.05, 0.1) is 7.11 Å². The average molecular weight is 590 g/mol. The van der Waals surface area contributed by atoms with Gasteiger partial charge in [0.25, 0.3) is 11.8 Å². The van der Waals surface area contributed by atoms with E-state index in [9.17, 15) is 14.4 Å². The van der Waals surface area contributed by atoms with Crippen molar-refractivity contribution in [3.8, 4) is 5.75 Å². The van der Waals surface area contributed by atoms with E-state index in [1.54, 1.807) is 50.6 Å². The van der Waals surface area contributed by atoms with E-state index in [4.69, 9.17) is 4.74 Å². The number of hydrogen-bond acceptors (Lipinski definition) is 6. The number of allylic oxidation sites excluding steroid dienone is 2. The van der Waals surface area contributed by atoms with Gasteiger partial charge in [-0.05, 0) is 49.1 Å². The minimum Gasteiger partial charge on any atom is -0.497 e. The number of thiazole rings is 1. The molecule has 1 aromatic carbocycles. The summed E-state index contributed by atoms with van der Waals surface area (Å²) in [5.41, 5.74) is 0.764. The van der Waals surface area contributed by atoms with E-state index >= 15 is 0 Å². The number of carbonyl (C=O) groups excluding carboxylic acids is 3. The summed E-state index contributed by atoms with van der Waals surface area (Å²) in [4.78, 5) is 42.6. The van der Waals surface area contributed by atoms with Crippen molar-refractivity contribution in [3.63, 3.8) is 0 Å². The molecule has 0 aliphatic rings. The summed E-state index contributed by atoms with van der Waals surface area (Å²) in [6, 6.07) is 5.89. The van der Waals surface area contributed by atoms with Crippen LogP contribution in [0.3, 0.4) is 0 Å². The molecule has 2 aromatic rings. The number of ketones is 1. The Labute approximate surface area is 253 Å². The highest BCUT2D eigenvalue weighted by molar-refractivity contribution is 7.15. The lowest BCUT2D eigenvalue weighted by atomic mass is 9.96. The Kier molecular flexibility index (Phi) is 24.1. The van der Waals surface area contributed by atoms with Crippen LogP contribution >= 0.6 is 11.3 Å². The molecule has 0 radical (unpaired) electrons. The van der Waals surface area contributed by atoms with Gasteiger partial charge in [0, 0.05) is 16.6 Å².